The van der Waals surface area contributed by atoms with Crippen molar-refractivity contribution in [1.82, 2.24) is 9.80 Å². The zero-order chi connectivity index (χ0) is 15.9. The van der Waals surface area contributed by atoms with Gasteiger partial charge in [0.2, 0.25) is 5.91 Å². The first kappa shape index (κ1) is 14.6. The van der Waals surface area contributed by atoms with Gasteiger partial charge in [-0.1, -0.05) is 13.0 Å². The fourth-order valence-corrected chi connectivity index (χ4v) is 2.91. The van der Waals surface area contributed by atoms with E-state index in [0.717, 1.165) is 17.4 Å². The van der Waals surface area contributed by atoms with Crippen molar-refractivity contribution in [2.45, 2.75) is 26.3 Å². The molecular formula is C17H20N2O3. The molecule has 22 heavy (non-hydrogen) atoms. The summed E-state index contributed by atoms with van der Waals surface area (Å²) < 4.78 is 5.50. The number of hydrogen-bond acceptors (Lipinski definition) is 3. The van der Waals surface area contributed by atoms with Gasteiger partial charge in [0.25, 0.3) is 5.91 Å². The number of fused-ring (bicyclic) bond motifs is 1. The Morgan fingerprint density at radius 3 is 2.86 bits per heavy atom. The minimum Gasteiger partial charge on any atom is -0.463 e. The highest BCUT2D eigenvalue weighted by Gasteiger charge is 2.34. The standard InChI is InChI=1S/C17H20N2O3/c1-4-12-5-6-15-13(9-12)14(10-22-15)17(21)19-8-7-18(3)16(20)11(19)2/h5-6,9-11H,4,7-8H2,1-3H3. The van der Waals surface area contributed by atoms with Crippen LogP contribution in [0.1, 0.15) is 29.8 Å². The van der Waals surface area contributed by atoms with E-state index in [1.165, 1.54) is 6.26 Å². The van der Waals surface area contributed by atoms with Gasteiger partial charge in [-0.15, -0.1) is 0 Å². The van der Waals surface area contributed by atoms with Crippen LogP contribution in [0.5, 0.6) is 0 Å². The Labute approximate surface area is 129 Å². The van der Waals surface area contributed by atoms with Gasteiger partial charge >= 0.3 is 0 Å². The van der Waals surface area contributed by atoms with Gasteiger partial charge in [0.1, 0.15) is 17.9 Å². The smallest absolute Gasteiger partial charge is 0.258 e. The molecule has 116 valence electrons. The molecule has 1 fully saturated rings. The monoisotopic (exact) mass is 300 g/mol. The lowest BCUT2D eigenvalue weighted by atomic mass is 10.1. The molecule has 2 aromatic rings. The molecular weight excluding hydrogens is 280 g/mol. The number of carbonyl (C=O) groups excluding carboxylic acids is 2. The van der Waals surface area contributed by atoms with E-state index in [1.54, 1.807) is 23.8 Å². The van der Waals surface area contributed by atoms with E-state index in [4.69, 9.17) is 4.42 Å². The molecule has 0 aliphatic carbocycles. The van der Waals surface area contributed by atoms with E-state index >= 15 is 0 Å². The molecule has 0 N–H and O–H groups in total. The van der Waals surface area contributed by atoms with Crippen molar-refractivity contribution in [3.05, 3.63) is 35.6 Å². The molecule has 1 aliphatic rings. The van der Waals surface area contributed by atoms with Crippen molar-refractivity contribution < 1.29 is 14.0 Å². The normalized spacial score (nSPS) is 19.0. The molecule has 5 heteroatoms. The third kappa shape index (κ3) is 2.26. The highest BCUT2D eigenvalue weighted by atomic mass is 16.3. The average Bonchev–Trinajstić information content (AvgIpc) is 2.95. The first-order valence-electron chi connectivity index (χ1n) is 7.59. The van der Waals surface area contributed by atoms with Gasteiger partial charge in [0, 0.05) is 25.5 Å². The van der Waals surface area contributed by atoms with Crippen LogP contribution in [0.25, 0.3) is 11.0 Å². The van der Waals surface area contributed by atoms with Crippen LogP contribution >= 0.6 is 0 Å². The molecule has 0 spiro atoms. The summed E-state index contributed by atoms with van der Waals surface area (Å²) in [4.78, 5) is 28.2. The number of likely N-dealkylation sites (N-methyl/N-ethyl adjacent to an activating group) is 1. The second-order valence-electron chi connectivity index (χ2n) is 5.77. The van der Waals surface area contributed by atoms with Crippen LogP contribution in [0.4, 0.5) is 0 Å². The largest absolute Gasteiger partial charge is 0.463 e. The lowest BCUT2D eigenvalue weighted by Gasteiger charge is -2.37. The summed E-state index contributed by atoms with van der Waals surface area (Å²) >= 11 is 0. The number of piperazine rings is 1. The summed E-state index contributed by atoms with van der Waals surface area (Å²) in [5.74, 6) is -0.164. The maximum Gasteiger partial charge on any atom is 0.258 e. The molecule has 5 nitrogen and oxygen atoms in total. The minimum absolute atomic E-state index is 0.0263. The fraction of sp³-hybridized carbons (Fsp3) is 0.412. The summed E-state index contributed by atoms with van der Waals surface area (Å²) in [7, 11) is 1.77. The van der Waals surface area contributed by atoms with Gasteiger partial charge in [-0.3, -0.25) is 9.59 Å². The Bertz CT molecular complexity index is 735. The zero-order valence-electron chi connectivity index (χ0n) is 13.1. The topological polar surface area (TPSA) is 53.8 Å². The maximum absolute atomic E-state index is 12.8. The van der Waals surface area contributed by atoms with E-state index in [2.05, 4.69) is 6.92 Å². The molecule has 1 atom stereocenters. The predicted octanol–water partition coefficient (Wildman–Crippen LogP) is 2.30. The van der Waals surface area contributed by atoms with Crippen LogP contribution in [-0.2, 0) is 11.2 Å². The third-order valence-corrected chi connectivity index (χ3v) is 4.41. The van der Waals surface area contributed by atoms with E-state index in [0.29, 0.717) is 24.2 Å². The molecule has 2 amide bonds. The summed E-state index contributed by atoms with van der Waals surface area (Å²) in [5.41, 5.74) is 2.40. The lowest BCUT2D eigenvalue weighted by Crippen LogP contribution is -2.56. The van der Waals surface area contributed by atoms with Crippen LogP contribution in [0.15, 0.2) is 28.9 Å². The van der Waals surface area contributed by atoms with Crippen LogP contribution in [-0.4, -0.2) is 47.8 Å². The molecule has 1 unspecified atom stereocenters. The number of carbonyl (C=O) groups is 2. The first-order valence-corrected chi connectivity index (χ1v) is 7.59. The van der Waals surface area contributed by atoms with Gasteiger partial charge < -0.3 is 14.2 Å². The number of furan rings is 1. The molecule has 0 bridgehead atoms. The van der Waals surface area contributed by atoms with Crippen molar-refractivity contribution in [2.75, 3.05) is 20.1 Å². The van der Waals surface area contributed by atoms with Crippen LogP contribution in [0.3, 0.4) is 0 Å². The third-order valence-electron chi connectivity index (χ3n) is 4.41. The number of aryl methyl sites for hydroxylation is 1. The van der Waals surface area contributed by atoms with E-state index in [9.17, 15) is 9.59 Å². The predicted molar refractivity (Wildman–Crippen MR) is 83.7 cm³/mol. The molecule has 0 radical (unpaired) electrons. The fourth-order valence-electron chi connectivity index (χ4n) is 2.91. The molecule has 3 rings (SSSR count). The molecule has 1 aromatic carbocycles. The van der Waals surface area contributed by atoms with Crippen LogP contribution < -0.4 is 0 Å². The van der Waals surface area contributed by atoms with E-state index < -0.39 is 6.04 Å². The Kier molecular flexibility index (Phi) is 3.64. The number of rotatable bonds is 2. The Balaban J connectivity index is 1.97. The van der Waals surface area contributed by atoms with Crippen molar-refractivity contribution in [3.8, 4) is 0 Å². The quantitative estimate of drug-likeness (QED) is 0.855. The number of nitrogens with zero attached hydrogens (tertiary/aromatic N) is 2. The average molecular weight is 300 g/mol. The summed E-state index contributed by atoms with van der Waals surface area (Å²) in [6.45, 7) is 4.95. The zero-order valence-corrected chi connectivity index (χ0v) is 13.1. The molecule has 1 aliphatic heterocycles. The summed E-state index contributed by atoms with van der Waals surface area (Å²) in [6, 6.07) is 5.45. The molecule has 0 saturated carbocycles. The number of amides is 2. The van der Waals surface area contributed by atoms with Gasteiger partial charge in [0.15, 0.2) is 0 Å². The Morgan fingerprint density at radius 1 is 1.36 bits per heavy atom. The number of benzene rings is 1. The van der Waals surface area contributed by atoms with Crippen molar-refractivity contribution in [2.24, 2.45) is 0 Å². The van der Waals surface area contributed by atoms with E-state index in [-0.39, 0.29) is 11.8 Å². The summed E-state index contributed by atoms with van der Waals surface area (Å²) in [6.07, 6.45) is 2.40. The SMILES string of the molecule is CCc1ccc2occ(C(=O)N3CCN(C)C(=O)C3C)c2c1. The van der Waals surface area contributed by atoms with Crippen molar-refractivity contribution in [3.63, 3.8) is 0 Å². The second kappa shape index (κ2) is 5.48. The van der Waals surface area contributed by atoms with Crippen molar-refractivity contribution in [1.29, 1.82) is 0 Å². The second-order valence-corrected chi connectivity index (χ2v) is 5.77. The Morgan fingerprint density at radius 2 is 2.14 bits per heavy atom. The molecule has 1 aromatic heterocycles. The number of hydrogen-bond donors (Lipinski definition) is 0. The summed E-state index contributed by atoms with van der Waals surface area (Å²) in [5, 5.41) is 0.822. The minimum atomic E-state index is -0.439. The first-order chi connectivity index (χ1) is 10.5. The molecule has 1 saturated heterocycles. The van der Waals surface area contributed by atoms with Crippen molar-refractivity contribution >= 4 is 22.8 Å². The molecule has 2 heterocycles. The van der Waals surface area contributed by atoms with Crippen LogP contribution in [0, 0.1) is 0 Å². The van der Waals surface area contributed by atoms with Gasteiger partial charge in [-0.05, 0) is 31.0 Å². The highest BCUT2D eigenvalue weighted by molar-refractivity contribution is 6.07. The Hall–Kier alpha value is -2.30. The lowest BCUT2D eigenvalue weighted by molar-refractivity contribution is -0.137. The van der Waals surface area contributed by atoms with Gasteiger partial charge in [-0.2, -0.15) is 0 Å². The van der Waals surface area contributed by atoms with Gasteiger partial charge in [0.05, 0.1) is 5.56 Å². The maximum atomic E-state index is 12.8. The van der Waals surface area contributed by atoms with Crippen LogP contribution in [0.2, 0.25) is 0 Å². The van der Waals surface area contributed by atoms with Gasteiger partial charge in [-0.25, -0.2) is 0 Å². The highest BCUT2D eigenvalue weighted by Crippen LogP contribution is 2.25. The van der Waals surface area contributed by atoms with E-state index in [1.807, 2.05) is 18.2 Å².